The van der Waals surface area contributed by atoms with Crippen molar-refractivity contribution in [2.75, 3.05) is 32.8 Å². The summed E-state index contributed by atoms with van der Waals surface area (Å²) in [4.78, 5) is 2.60. The molecule has 0 aliphatic carbocycles. The lowest BCUT2D eigenvalue weighted by Gasteiger charge is -2.34. The Labute approximate surface area is 137 Å². The monoisotopic (exact) mass is 314 g/mol. The van der Waals surface area contributed by atoms with Crippen LogP contribution in [0.15, 0.2) is 0 Å². The molecule has 0 saturated carbocycles. The van der Waals surface area contributed by atoms with E-state index >= 15 is 0 Å². The predicted molar refractivity (Wildman–Crippen MR) is 92.9 cm³/mol. The quantitative estimate of drug-likeness (QED) is 0.484. The van der Waals surface area contributed by atoms with E-state index in [0.29, 0.717) is 5.92 Å². The number of likely N-dealkylation sites (tertiary alicyclic amines) is 1. The van der Waals surface area contributed by atoms with Crippen molar-refractivity contribution >= 4 is 0 Å². The van der Waals surface area contributed by atoms with E-state index in [9.17, 15) is 10.2 Å². The molecule has 1 aliphatic rings. The maximum absolute atomic E-state index is 9.24. The molecular formula is C18H38N2O2. The van der Waals surface area contributed by atoms with Gasteiger partial charge in [-0.1, -0.05) is 39.0 Å². The first-order chi connectivity index (χ1) is 10.6. The highest BCUT2D eigenvalue weighted by Crippen LogP contribution is 2.24. The Morgan fingerprint density at radius 2 is 1.59 bits per heavy atom. The SMILES string of the molecule is CCCCCCCCN1CCC(CCC(N)(CO)CO)CC1. The average Bonchev–Trinajstić information content (AvgIpc) is 2.57. The van der Waals surface area contributed by atoms with Gasteiger partial charge in [-0.15, -0.1) is 0 Å². The van der Waals surface area contributed by atoms with Gasteiger partial charge in [-0.3, -0.25) is 0 Å². The molecular weight excluding hydrogens is 276 g/mol. The standard InChI is InChI=1S/C18H38N2O2/c1-2-3-4-5-6-7-12-20-13-9-17(10-14-20)8-11-18(19,15-21)16-22/h17,21-22H,2-16,19H2,1H3. The summed E-state index contributed by atoms with van der Waals surface area (Å²) in [6.07, 6.45) is 12.5. The Morgan fingerprint density at radius 3 is 2.18 bits per heavy atom. The smallest absolute Gasteiger partial charge is 0.0633 e. The number of nitrogens with two attached hydrogens (primary N) is 1. The first kappa shape index (κ1) is 19.9. The summed E-state index contributed by atoms with van der Waals surface area (Å²) in [6.45, 7) is 5.68. The van der Waals surface area contributed by atoms with Crippen LogP contribution in [-0.2, 0) is 0 Å². The van der Waals surface area contributed by atoms with E-state index in [4.69, 9.17) is 5.73 Å². The van der Waals surface area contributed by atoms with Crippen LogP contribution in [0.4, 0.5) is 0 Å². The number of hydrogen-bond donors (Lipinski definition) is 3. The fraction of sp³-hybridized carbons (Fsp3) is 1.00. The van der Waals surface area contributed by atoms with Crippen molar-refractivity contribution in [3.8, 4) is 0 Å². The van der Waals surface area contributed by atoms with Gasteiger partial charge >= 0.3 is 0 Å². The van der Waals surface area contributed by atoms with Crippen LogP contribution in [0.25, 0.3) is 0 Å². The predicted octanol–water partition coefficient (Wildman–Crippen LogP) is 2.52. The zero-order valence-electron chi connectivity index (χ0n) is 14.6. The number of aliphatic hydroxyl groups is 2. The number of piperidine rings is 1. The van der Waals surface area contributed by atoms with Gasteiger partial charge in [0.2, 0.25) is 0 Å². The third kappa shape index (κ3) is 7.91. The lowest BCUT2D eigenvalue weighted by Crippen LogP contribution is -2.47. The van der Waals surface area contributed by atoms with Gasteiger partial charge in [-0.05, 0) is 57.7 Å². The fourth-order valence-electron chi connectivity index (χ4n) is 3.31. The van der Waals surface area contributed by atoms with E-state index in [1.807, 2.05) is 0 Å². The largest absolute Gasteiger partial charge is 0.394 e. The zero-order chi connectivity index (χ0) is 16.3. The fourth-order valence-corrected chi connectivity index (χ4v) is 3.31. The highest BCUT2D eigenvalue weighted by molar-refractivity contribution is 4.84. The molecule has 0 aromatic heterocycles. The van der Waals surface area contributed by atoms with Gasteiger partial charge in [-0.25, -0.2) is 0 Å². The van der Waals surface area contributed by atoms with E-state index in [-0.39, 0.29) is 13.2 Å². The summed E-state index contributed by atoms with van der Waals surface area (Å²) in [6, 6.07) is 0. The van der Waals surface area contributed by atoms with Crippen molar-refractivity contribution in [1.82, 2.24) is 4.90 Å². The molecule has 1 aliphatic heterocycles. The molecule has 0 aromatic rings. The summed E-state index contributed by atoms with van der Waals surface area (Å²) in [5, 5.41) is 18.5. The molecule has 132 valence electrons. The third-order valence-electron chi connectivity index (χ3n) is 5.22. The Kier molecular flexibility index (Phi) is 10.3. The van der Waals surface area contributed by atoms with Crippen LogP contribution in [0.5, 0.6) is 0 Å². The van der Waals surface area contributed by atoms with Crippen LogP contribution in [-0.4, -0.2) is 53.5 Å². The van der Waals surface area contributed by atoms with Crippen molar-refractivity contribution in [2.45, 2.75) is 76.7 Å². The van der Waals surface area contributed by atoms with E-state index in [1.165, 1.54) is 71.0 Å². The molecule has 1 heterocycles. The number of nitrogens with zero attached hydrogens (tertiary/aromatic N) is 1. The van der Waals surface area contributed by atoms with Crippen LogP contribution in [0.3, 0.4) is 0 Å². The molecule has 4 nitrogen and oxygen atoms in total. The number of aliphatic hydroxyl groups excluding tert-OH is 2. The first-order valence-electron chi connectivity index (χ1n) is 9.36. The molecule has 0 bridgehead atoms. The van der Waals surface area contributed by atoms with Crippen molar-refractivity contribution in [2.24, 2.45) is 11.7 Å². The number of unbranched alkanes of at least 4 members (excludes halogenated alkanes) is 5. The molecule has 0 unspecified atom stereocenters. The van der Waals surface area contributed by atoms with Crippen molar-refractivity contribution < 1.29 is 10.2 Å². The van der Waals surface area contributed by atoms with Gasteiger partial charge in [0.1, 0.15) is 0 Å². The minimum Gasteiger partial charge on any atom is -0.394 e. The van der Waals surface area contributed by atoms with Crippen LogP contribution < -0.4 is 5.73 Å². The third-order valence-corrected chi connectivity index (χ3v) is 5.22. The lowest BCUT2D eigenvalue weighted by molar-refractivity contribution is 0.101. The number of hydrogen-bond acceptors (Lipinski definition) is 4. The highest BCUT2D eigenvalue weighted by atomic mass is 16.3. The Morgan fingerprint density at radius 1 is 1.00 bits per heavy atom. The number of rotatable bonds is 12. The lowest BCUT2D eigenvalue weighted by atomic mass is 9.86. The van der Waals surface area contributed by atoms with Gasteiger partial charge in [0, 0.05) is 0 Å². The van der Waals surface area contributed by atoms with Gasteiger partial charge in [0.25, 0.3) is 0 Å². The normalized spacial score (nSPS) is 18.0. The van der Waals surface area contributed by atoms with E-state index < -0.39 is 5.54 Å². The van der Waals surface area contributed by atoms with E-state index in [1.54, 1.807) is 0 Å². The molecule has 0 radical (unpaired) electrons. The Bertz CT molecular complexity index is 262. The maximum atomic E-state index is 9.24. The summed E-state index contributed by atoms with van der Waals surface area (Å²) in [7, 11) is 0. The Hall–Kier alpha value is -0.160. The van der Waals surface area contributed by atoms with Crippen molar-refractivity contribution in [1.29, 1.82) is 0 Å². The topological polar surface area (TPSA) is 69.7 Å². The summed E-state index contributed by atoms with van der Waals surface area (Å²) >= 11 is 0. The van der Waals surface area contributed by atoms with E-state index in [2.05, 4.69) is 11.8 Å². The molecule has 1 saturated heterocycles. The Balaban J connectivity index is 2.06. The van der Waals surface area contributed by atoms with Crippen molar-refractivity contribution in [3.05, 3.63) is 0 Å². The van der Waals surface area contributed by atoms with Crippen molar-refractivity contribution in [3.63, 3.8) is 0 Å². The van der Waals surface area contributed by atoms with Gasteiger partial charge < -0.3 is 20.8 Å². The second kappa shape index (κ2) is 11.4. The van der Waals surface area contributed by atoms with Crippen LogP contribution >= 0.6 is 0 Å². The molecule has 1 fully saturated rings. The maximum Gasteiger partial charge on any atom is 0.0633 e. The summed E-state index contributed by atoms with van der Waals surface area (Å²) < 4.78 is 0. The molecule has 0 atom stereocenters. The molecule has 0 amide bonds. The minimum atomic E-state index is -0.782. The summed E-state index contributed by atoms with van der Waals surface area (Å²) in [5.74, 6) is 0.710. The zero-order valence-corrected chi connectivity index (χ0v) is 14.6. The molecule has 0 spiro atoms. The molecule has 4 N–H and O–H groups in total. The second-order valence-electron chi connectivity index (χ2n) is 7.27. The van der Waals surface area contributed by atoms with Gasteiger partial charge in [0.05, 0.1) is 18.8 Å². The molecule has 1 rings (SSSR count). The summed E-state index contributed by atoms with van der Waals surface area (Å²) in [5.41, 5.74) is 5.16. The highest BCUT2D eigenvalue weighted by Gasteiger charge is 2.26. The van der Waals surface area contributed by atoms with Crippen LogP contribution in [0.1, 0.15) is 71.1 Å². The molecule has 22 heavy (non-hydrogen) atoms. The van der Waals surface area contributed by atoms with Gasteiger partial charge in [-0.2, -0.15) is 0 Å². The minimum absolute atomic E-state index is 0.125. The van der Waals surface area contributed by atoms with Gasteiger partial charge in [0.15, 0.2) is 0 Å². The van der Waals surface area contributed by atoms with E-state index in [0.717, 1.165) is 12.8 Å². The average molecular weight is 315 g/mol. The molecule has 4 heteroatoms. The van der Waals surface area contributed by atoms with Crippen LogP contribution in [0.2, 0.25) is 0 Å². The second-order valence-corrected chi connectivity index (χ2v) is 7.27. The first-order valence-corrected chi connectivity index (χ1v) is 9.36. The van der Waals surface area contributed by atoms with Crippen LogP contribution in [0, 0.1) is 5.92 Å². The molecule has 0 aromatic carbocycles.